The third-order valence-corrected chi connectivity index (χ3v) is 4.34. The van der Waals surface area contributed by atoms with Crippen LogP contribution in [0.2, 0.25) is 0 Å². The summed E-state index contributed by atoms with van der Waals surface area (Å²) in [6.45, 7) is 0. The van der Waals surface area contributed by atoms with Crippen LogP contribution in [0.3, 0.4) is 0 Å². The maximum atomic E-state index is 12.9. The van der Waals surface area contributed by atoms with Crippen LogP contribution in [0.1, 0.15) is 31.8 Å². The Kier molecular flexibility index (Phi) is 11.9. The molecule has 4 aromatic rings. The van der Waals surface area contributed by atoms with Gasteiger partial charge in [0.2, 0.25) is 0 Å². The first kappa shape index (κ1) is 28.6. The molecule has 189 valence electrons. The zero-order valence-corrected chi connectivity index (χ0v) is 20.1. The number of hydrogen-bond donors (Lipinski definition) is 2. The van der Waals surface area contributed by atoms with Crippen molar-refractivity contribution in [2.75, 3.05) is 0 Å². The molecule has 2 aromatic heterocycles. The van der Waals surface area contributed by atoms with E-state index in [1.165, 1.54) is 61.5 Å². The van der Waals surface area contributed by atoms with E-state index in [0.717, 1.165) is 0 Å². The molecule has 2 heterocycles. The number of nitrogens with zero attached hydrogens (tertiary/aromatic N) is 4. The fourth-order valence-electron chi connectivity index (χ4n) is 2.64. The standard InChI is InChI=1S/2C13H10FN3O.Co/c2*14-12-3-1-2-10(8-12)9-16-17-13(18)11-4-6-15-7-5-11;/h2*1-9H,(H,17,18);. The van der Waals surface area contributed by atoms with Gasteiger partial charge < -0.3 is 0 Å². The van der Waals surface area contributed by atoms with Crippen LogP contribution in [0.4, 0.5) is 8.78 Å². The molecule has 1 radical (unpaired) electrons. The van der Waals surface area contributed by atoms with Crippen LogP contribution in [0.25, 0.3) is 0 Å². The molecule has 0 bridgehead atoms. The Labute approximate surface area is 221 Å². The van der Waals surface area contributed by atoms with Crippen LogP contribution in [0.5, 0.6) is 0 Å². The quantitative estimate of drug-likeness (QED) is 0.282. The number of benzene rings is 2. The summed E-state index contributed by atoms with van der Waals surface area (Å²) in [7, 11) is 0. The SMILES string of the molecule is O=C(NN=Cc1cccc(F)c1)c1ccncc1.O=C(NN=Cc1cccc(F)c1)c1ccncc1.[Co]. The summed E-state index contributed by atoms with van der Waals surface area (Å²) >= 11 is 0. The van der Waals surface area contributed by atoms with Crippen molar-refractivity contribution in [3.05, 3.63) is 131 Å². The molecule has 0 atom stereocenters. The molecule has 0 fully saturated rings. The van der Waals surface area contributed by atoms with E-state index in [9.17, 15) is 18.4 Å². The van der Waals surface area contributed by atoms with Gasteiger partial charge in [0.15, 0.2) is 0 Å². The molecule has 37 heavy (non-hydrogen) atoms. The van der Waals surface area contributed by atoms with Crippen molar-refractivity contribution in [2.45, 2.75) is 0 Å². The topological polar surface area (TPSA) is 109 Å². The number of rotatable bonds is 6. The van der Waals surface area contributed by atoms with Gasteiger partial charge in [-0.15, -0.1) is 0 Å². The molecule has 0 aliphatic carbocycles. The van der Waals surface area contributed by atoms with Crippen LogP contribution in [0, 0.1) is 11.6 Å². The van der Waals surface area contributed by atoms with Crippen LogP contribution in [0.15, 0.2) is 108 Å². The van der Waals surface area contributed by atoms with E-state index in [0.29, 0.717) is 22.3 Å². The molecule has 11 heteroatoms. The number of amides is 2. The normalized spacial score (nSPS) is 10.2. The number of aromatic nitrogens is 2. The van der Waals surface area contributed by atoms with Crippen LogP contribution in [-0.2, 0) is 16.8 Å². The van der Waals surface area contributed by atoms with Gasteiger partial charge in [0.1, 0.15) is 11.6 Å². The van der Waals surface area contributed by atoms with Crippen molar-refractivity contribution >= 4 is 24.2 Å². The predicted octanol–water partition coefficient (Wildman–Crippen LogP) is 3.97. The Morgan fingerprint density at radius 3 is 1.38 bits per heavy atom. The Hall–Kier alpha value is -4.61. The molecule has 0 saturated heterocycles. The van der Waals surface area contributed by atoms with E-state index in [1.54, 1.807) is 48.5 Å². The molecule has 0 saturated carbocycles. The van der Waals surface area contributed by atoms with Gasteiger partial charge in [0.05, 0.1) is 12.4 Å². The Morgan fingerprint density at radius 2 is 1.03 bits per heavy atom. The van der Waals surface area contributed by atoms with E-state index < -0.39 is 0 Å². The zero-order chi connectivity index (χ0) is 25.6. The first-order chi connectivity index (χ1) is 17.5. The molecule has 0 unspecified atom stereocenters. The van der Waals surface area contributed by atoms with Crippen molar-refractivity contribution in [3.8, 4) is 0 Å². The van der Waals surface area contributed by atoms with E-state index >= 15 is 0 Å². The molecular formula is C26H20CoF2N6O2. The Balaban J connectivity index is 0.000000253. The average molecular weight is 545 g/mol. The van der Waals surface area contributed by atoms with Gasteiger partial charge in [-0.05, 0) is 59.7 Å². The van der Waals surface area contributed by atoms with Gasteiger partial charge in [-0.2, -0.15) is 10.2 Å². The minimum Gasteiger partial charge on any atom is -0.267 e. The first-order valence-corrected chi connectivity index (χ1v) is 10.5. The van der Waals surface area contributed by atoms with Gasteiger partial charge in [0.25, 0.3) is 11.8 Å². The van der Waals surface area contributed by atoms with Crippen LogP contribution >= 0.6 is 0 Å². The number of nitrogens with one attached hydrogen (secondary N) is 2. The van der Waals surface area contributed by atoms with E-state index in [1.807, 2.05) is 0 Å². The molecule has 0 aliphatic heterocycles. The largest absolute Gasteiger partial charge is 0.271 e. The summed E-state index contributed by atoms with van der Waals surface area (Å²) in [5, 5.41) is 7.49. The maximum absolute atomic E-state index is 12.9. The summed E-state index contributed by atoms with van der Waals surface area (Å²) in [6.07, 6.45) is 8.83. The number of pyridine rings is 2. The number of halogens is 2. The van der Waals surface area contributed by atoms with E-state index in [4.69, 9.17) is 0 Å². The zero-order valence-electron chi connectivity index (χ0n) is 19.1. The van der Waals surface area contributed by atoms with E-state index in [-0.39, 0.29) is 40.2 Å². The summed E-state index contributed by atoms with van der Waals surface area (Å²) in [6, 6.07) is 18.1. The Bertz CT molecular complexity index is 1250. The summed E-state index contributed by atoms with van der Waals surface area (Å²) < 4.78 is 25.7. The fraction of sp³-hybridized carbons (Fsp3) is 0. The molecule has 4 rings (SSSR count). The van der Waals surface area contributed by atoms with Gasteiger partial charge in [0, 0.05) is 52.7 Å². The maximum Gasteiger partial charge on any atom is 0.271 e. The minimum absolute atomic E-state index is 0. The molecule has 0 spiro atoms. The molecule has 8 nitrogen and oxygen atoms in total. The predicted molar refractivity (Wildman–Crippen MR) is 131 cm³/mol. The molecule has 2 amide bonds. The van der Waals surface area contributed by atoms with Gasteiger partial charge in [-0.1, -0.05) is 24.3 Å². The third-order valence-electron chi connectivity index (χ3n) is 4.34. The van der Waals surface area contributed by atoms with Crippen LogP contribution in [-0.4, -0.2) is 34.2 Å². The van der Waals surface area contributed by atoms with Gasteiger partial charge in [-0.3, -0.25) is 19.6 Å². The summed E-state index contributed by atoms with van der Waals surface area (Å²) in [5.41, 5.74) is 6.76. The monoisotopic (exact) mass is 545 g/mol. The second kappa shape index (κ2) is 15.4. The second-order valence-electron chi connectivity index (χ2n) is 6.98. The van der Waals surface area contributed by atoms with E-state index in [2.05, 4.69) is 31.0 Å². The van der Waals surface area contributed by atoms with Crippen molar-refractivity contribution in [1.29, 1.82) is 0 Å². The second-order valence-corrected chi connectivity index (χ2v) is 6.98. The molecule has 0 aliphatic rings. The fourth-order valence-corrected chi connectivity index (χ4v) is 2.64. The number of carbonyl (C=O) groups is 2. The van der Waals surface area contributed by atoms with Crippen molar-refractivity contribution < 1.29 is 35.1 Å². The molecule has 2 N–H and O–H groups in total. The van der Waals surface area contributed by atoms with Gasteiger partial charge >= 0.3 is 0 Å². The first-order valence-electron chi connectivity index (χ1n) is 10.5. The summed E-state index contributed by atoms with van der Waals surface area (Å²) in [4.78, 5) is 30.8. The molecule has 2 aromatic carbocycles. The Morgan fingerprint density at radius 1 is 0.649 bits per heavy atom. The van der Waals surface area contributed by atoms with Gasteiger partial charge in [-0.25, -0.2) is 19.6 Å². The van der Waals surface area contributed by atoms with Crippen LogP contribution < -0.4 is 10.9 Å². The van der Waals surface area contributed by atoms with Crippen molar-refractivity contribution in [2.24, 2.45) is 10.2 Å². The molecular weight excluding hydrogens is 525 g/mol. The average Bonchev–Trinajstić information content (AvgIpc) is 2.90. The third kappa shape index (κ3) is 10.3. The smallest absolute Gasteiger partial charge is 0.267 e. The number of carbonyl (C=O) groups excluding carboxylic acids is 2. The number of hydrazone groups is 2. The number of hydrogen-bond acceptors (Lipinski definition) is 6. The van der Waals surface area contributed by atoms with Crippen molar-refractivity contribution in [1.82, 2.24) is 20.8 Å². The minimum atomic E-state index is -0.348. The van der Waals surface area contributed by atoms with Crippen molar-refractivity contribution in [3.63, 3.8) is 0 Å². The summed E-state index contributed by atoms with van der Waals surface area (Å²) in [5.74, 6) is -1.38.